The van der Waals surface area contributed by atoms with Crippen LogP contribution in [0.25, 0.3) is 10.2 Å². The first-order valence-corrected chi connectivity index (χ1v) is 11.4. The molecule has 0 atom stereocenters. The van der Waals surface area contributed by atoms with Crippen LogP contribution < -0.4 is 4.90 Å². The fourth-order valence-electron chi connectivity index (χ4n) is 3.77. The molecule has 7 nitrogen and oxygen atoms in total. The molecule has 0 bridgehead atoms. The Bertz CT molecular complexity index is 1210. The largest absolute Gasteiger partial charge is 0.302 e. The zero-order valence-electron chi connectivity index (χ0n) is 18.6. The summed E-state index contributed by atoms with van der Waals surface area (Å²) >= 11 is 0.983. The Hall–Kier alpha value is -2.95. The summed E-state index contributed by atoms with van der Waals surface area (Å²) in [6.07, 6.45) is 0. The van der Waals surface area contributed by atoms with Gasteiger partial charge >= 0.3 is 0 Å². The van der Waals surface area contributed by atoms with E-state index >= 15 is 0 Å². The molecule has 0 saturated carbocycles. The molecular weight excluding hydrogens is 486 g/mol. The van der Waals surface area contributed by atoms with Gasteiger partial charge in [-0.25, -0.2) is 13.8 Å². The number of amides is 3. The molecule has 1 aliphatic rings. The van der Waals surface area contributed by atoms with E-state index in [1.54, 1.807) is 24.3 Å². The number of carbonyl (C=O) groups excluding carboxylic acids is 3. The van der Waals surface area contributed by atoms with Gasteiger partial charge in [-0.1, -0.05) is 37.3 Å². The van der Waals surface area contributed by atoms with Crippen molar-refractivity contribution in [3.63, 3.8) is 0 Å². The van der Waals surface area contributed by atoms with Crippen LogP contribution in [0.5, 0.6) is 0 Å². The Morgan fingerprint density at radius 3 is 2.24 bits per heavy atom. The lowest BCUT2D eigenvalue weighted by molar-refractivity contribution is -0.119. The number of imide groups is 1. The number of hydrogen-bond acceptors (Lipinski definition) is 6. The molecule has 3 aromatic rings. The van der Waals surface area contributed by atoms with E-state index in [1.165, 1.54) is 4.90 Å². The predicted molar refractivity (Wildman–Crippen MR) is 129 cm³/mol. The minimum atomic E-state index is -0.816. The number of anilines is 1. The summed E-state index contributed by atoms with van der Waals surface area (Å²) in [5, 5.41) is 0.184. The highest BCUT2D eigenvalue weighted by atomic mass is 35.5. The third-order valence-electron chi connectivity index (χ3n) is 5.64. The van der Waals surface area contributed by atoms with Crippen molar-refractivity contribution in [1.82, 2.24) is 14.8 Å². The van der Waals surface area contributed by atoms with Crippen LogP contribution in [0.2, 0.25) is 0 Å². The monoisotopic (exact) mass is 508 g/mol. The second-order valence-corrected chi connectivity index (χ2v) is 8.55. The normalized spacial score (nSPS) is 12.9. The van der Waals surface area contributed by atoms with Gasteiger partial charge in [0.2, 0.25) is 5.91 Å². The van der Waals surface area contributed by atoms with Crippen LogP contribution >= 0.6 is 23.7 Å². The molecule has 1 aromatic heterocycles. The third kappa shape index (κ3) is 4.79. The number of benzene rings is 2. The van der Waals surface area contributed by atoms with Crippen molar-refractivity contribution < 1.29 is 23.2 Å². The number of carbonyl (C=O) groups is 3. The van der Waals surface area contributed by atoms with E-state index in [2.05, 4.69) is 9.88 Å². The molecule has 4 rings (SSSR count). The van der Waals surface area contributed by atoms with Gasteiger partial charge in [0, 0.05) is 19.2 Å². The highest BCUT2D eigenvalue weighted by molar-refractivity contribution is 7.22. The number of halogens is 3. The molecule has 0 saturated heterocycles. The van der Waals surface area contributed by atoms with Gasteiger partial charge in [0.25, 0.3) is 11.8 Å². The van der Waals surface area contributed by atoms with Crippen LogP contribution in [0.3, 0.4) is 0 Å². The fourth-order valence-corrected chi connectivity index (χ4v) is 4.82. The Morgan fingerprint density at radius 2 is 1.65 bits per heavy atom. The molecular formula is C23H23ClF2N4O3S. The Balaban J connectivity index is 0.00000324. The number of rotatable bonds is 8. The van der Waals surface area contributed by atoms with Crippen molar-refractivity contribution in [1.29, 1.82) is 0 Å². The molecule has 2 heterocycles. The highest BCUT2D eigenvalue weighted by Gasteiger charge is 2.37. The first-order valence-electron chi connectivity index (χ1n) is 10.6. The van der Waals surface area contributed by atoms with E-state index in [-0.39, 0.29) is 45.4 Å². The van der Waals surface area contributed by atoms with Crippen LogP contribution in [0, 0.1) is 11.6 Å². The quantitative estimate of drug-likeness (QED) is 0.430. The lowest BCUT2D eigenvalue weighted by Gasteiger charge is -2.26. The van der Waals surface area contributed by atoms with E-state index < -0.39 is 35.9 Å². The molecule has 3 amide bonds. The highest BCUT2D eigenvalue weighted by Crippen LogP contribution is 2.32. The minimum Gasteiger partial charge on any atom is -0.302 e. The molecule has 1 aliphatic heterocycles. The van der Waals surface area contributed by atoms with Gasteiger partial charge in [-0.3, -0.25) is 24.2 Å². The maximum absolute atomic E-state index is 14.2. The standard InChI is InChI=1S/C23H22F2N4O3S.ClH/c1-3-27(4-2)9-10-28(23-26-20-17(25)11-14(24)12-18(20)33-23)19(30)13-29-21(31)15-7-5-6-8-16(15)22(29)32;/h5-8,11-12H,3-4,9-10,13H2,1-2H3;1H. The summed E-state index contributed by atoms with van der Waals surface area (Å²) in [6, 6.07) is 8.30. The minimum absolute atomic E-state index is 0. The molecule has 0 N–H and O–H groups in total. The smallest absolute Gasteiger partial charge is 0.262 e. The molecule has 0 spiro atoms. The molecule has 0 unspecified atom stereocenters. The summed E-state index contributed by atoms with van der Waals surface area (Å²) in [4.78, 5) is 47.3. The van der Waals surface area contributed by atoms with Gasteiger partial charge in [-0.2, -0.15) is 0 Å². The van der Waals surface area contributed by atoms with Crippen molar-refractivity contribution in [2.45, 2.75) is 13.8 Å². The van der Waals surface area contributed by atoms with Crippen molar-refractivity contribution in [2.75, 3.05) is 37.6 Å². The SMILES string of the molecule is CCN(CC)CCN(C(=O)CN1C(=O)c2ccccc2C1=O)c1nc2c(F)cc(F)cc2s1.Cl. The second-order valence-electron chi connectivity index (χ2n) is 7.55. The van der Waals surface area contributed by atoms with Gasteiger partial charge in [0.05, 0.1) is 15.8 Å². The van der Waals surface area contributed by atoms with Crippen molar-refractivity contribution in [2.24, 2.45) is 0 Å². The van der Waals surface area contributed by atoms with Gasteiger partial charge in [0.1, 0.15) is 17.9 Å². The van der Waals surface area contributed by atoms with Crippen LogP contribution in [-0.2, 0) is 4.79 Å². The van der Waals surface area contributed by atoms with Gasteiger partial charge in [-0.05, 0) is 31.3 Å². The number of nitrogens with zero attached hydrogens (tertiary/aromatic N) is 4. The number of aromatic nitrogens is 1. The molecule has 11 heteroatoms. The first kappa shape index (κ1) is 25.7. The average molecular weight is 509 g/mol. The van der Waals surface area contributed by atoms with E-state index in [0.717, 1.165) is 41.5 Å². The van der Waals surface area contributed by atoms with E-state index in [4.69, 9.17) is 0 Å². The van der Waals surface area contributed by atoms with Crippen LogP contribution in [0.15, 0.2) is 36.4 Å². The lowest BCUT2D eigenvalue weighted by Crippen LogP contribution is -2.45. The maximum Gasteiger partial charge on any atom is 0.262 e. The molecule has 0 radical (unpaired) electrons. The summed E-state index contributed by atoms with van der Waals surface area (Å²) < 4.78 is 28.2. The fraction of sp³-hybridized carbons (Fsp3) is 0.304. The average Bonchev–Trinajstić information content (AvgIpc) is 3.32. The molecule has 2 aromatic carbocycles. The zero-order valence-corrected chi connectivity index (χ0v) is 20.2. The second kappa shape index (κ2) is 10.5. The van der Waals surface area contributed by atoms with E-state index in [1.807, 2.05) is 13.8 Å². The number of fused-ring (bicyclic) bond motifs is 2. The van der Waals surface area contributed by atoms with Crippen molar-refractivity contribution in [3.8, 4) is 0 Å². The lowest BCUT2D eigenvalue weighted by atomic mass is 10.1. The van der Waals surface area contributed by atoms with Crippen molar-refractivity contribution >= 4 is 56.8 Å². The summed E-state index contributed by atoms with van der Waals surface area (Å²) in [5.41, 5.74) is 0.475. The topological polar surface area (TPSA) is 73.8 Å². The number of thiazole rings is 1. The van der Waals surface area contributed by atoms with Crippen molar-refractivity contribution in [3.05, 3.63) is 59.2 Å². The van der Waals surface area contributed by atoms with Gasteiger partial charge in [0.15, 0.2) is 10.9 Å². The van der Waals surface area contributed by atoms with Gasteiger partial charge in [-0.15, -0.1) is 12.4 Å². The third-order valence-corrected chi connectivity index (χ3v) is 6.67. The summed E-state index contributed by atoms with van der Waals surface area (Å²) in [5.74, 6) is -3.15. The maximum atomic E-state index is 14.2. The predicted octanol–water partition coefficient (Wildman–Crippen LogP) is 3.97. The van der Waals surface area contributed by atoms with Gasteiger partial charge < -0.3 is 4.90 Å². The Morgan fingerprint density at radius 1 is 1.03 bits per heavy atom. The van der Waals surface area contributed by atoms with E-state index in [0.29, 0.717) is 6.54 Å². The molecule has 180 valence electrons. The molecule has 0 fully saturated rings. The first-order chi connectivity index (χ1) is 15.8. The zero-order chi connectivity index (χ0) is 23.7. The van der Waals surface area contributed by atoms with Crippen LogP contribution in [0.1, 0.15) is 34.6 Å². The Kier molecular flexibility index (Phi) is 7.96. The van der Waals surface area contributed by atoms with E-state index in [9.17, 15) is 23.2 Å². The Labute approximate surface area is 205 Å². The molecule has 0 aliphatic carbocycles. The molecule has 34 heavy (non-hydrogen) atoms. The van der Waals surface area contributed by atoms with Crippen LogP contribution in [-0.4, -0.2) is 65.2 Å². The number of likely N-dealkylation sites (N-methyl/N-ethyl adjacent to an activating group) is 1. The summed E-state index contributed by atoms with van der Waals surface area (Å²) in [6.45, 7) is 5.75. The summed E-state index contributed by atoms with van der Waals surface area (Å²) in [7, 11) is 0. The van der Waals surface area contributed by atoms with Crippen LogP contribution in [0.4, 0.5) is 13.9 Å². The number of hydrogen-bond donors (Lipinski definition) is 0.